The smallest absolute Gasteiger partial charge is 0.340 e. The van der Waals surface area contributed by atoms with Crippen molar-refractivity contribution in [1.29, 1.82) is 0 Å². The van der Waals surface area contributed by atoms with Crippen LogP contribution in [0.5, 0.6) is 11.6 Å². The maximum absolute atomic E-state index is 11.5. The van der Waals surface area contributed by atoms with Gasteiger partial charge in [0.1, 0.15) is 12.4 Å². The number of methoxy groups -OCH3 is 2. The molecule has 0 atom stereocenters. The van der Waals surface area contributed by atoms with E-state index < -0.39 is 5.97 Å². The predicted octanol–water partition coefficient (Wildman–Crippen LogP) is 2.04. The largest absolute Gasteiger partial charge is 0.497 e. The molecule has 0 aliphatic heterocycles. The zero-order valence-electron chi connectivity index (χ0n) is 11.8. The average molecular weight is 288 g/mol. The molecule has 2 N–H and O–H groups in total. The van der Waals surface area contributed by atoms with Gasteiger partial charge in [-0.1, -0.05) is 12.1 Å². The summed E-state index contributed by atoms with van der Waals surface area (Å²) in [5.74, 6) is 0.557. The lowest BCUT2D eigenvalue weighted by Crippen LogP contribution is -2.07. The average Bonchev–Trinajstić information content (AvgIpc) is 2.53. The Morgan fingerprint density at radius 2 is 1.95 bits per heavy atom. The van der Waals surface area contributed by atoms with Crippen molar-refractivity contribution in [3.63, 3.8) is 0 Å². The highest BCUT2D eigenvalue weighted by atomic mass is 16.5. The van der Waals surface area contributed by atoms with Crippen LogP contribution in [0.3, 0.4) is 0 Å². The van der Waals surface area contributed by atoms with Gasteiger partial charge in [0.15, 0.2) is 0 Å². The van der Waals surface area contributed by atoms with E-state index >= 15 is 0 Å². The van der Waals surface area contributed by atoms with Crippen molar-refractivity contribution in [1.82, 2.24) is 4.98 Å². The first-order valence-corrected chi connectivity index (χ1v) is 6.23. The van der Waals surface area contributed by atoms with Crippen LogP contribution < -0.4 is 15.2 Å². The summed E-state index contributed by atoms with van der Waals surface area (Å²) in [6, 6.07) is 8.92. The Kier molecular flexibility index (Phi) is 4.61. The van der Waals surface area contributed by atoms with Gasteiger partial charge in [0.2, 0.25) is 5.88 Å². The SMILES string of the molecule is COC(=O)c1cc(OCc2ccc(OC)cc2)ncc1N. The lowest BCUT2D eigenvalue weighted by atomic mass is 10.2. The summed E-state index contributed by atoms with van der Waals surface area (Å²) in [4.78, 5) is 15.6. The molecule has 0 unspecified atom stereocenters. The molecule has 0 saturated heterocycles. The van der Waals surface area contributed by atoms with Gasteiger partial charge in [0.25, 0.3) is 0 Å². The molecule has 0 bridgehead atoms. The number of benzene rings is 1. The fourth-order valence-electron chi connectivity index (χ4n) is 1.69. The minimum absolute atomic E-state index is 0.234. The molecular formula is C15H16N2O4. The molecule has 1 heterocycles. The van der Waals surface area contributed by atoms with Gasteiger partial charge in [0, 0.05) is 6.07 Å². The number of nitrogens with two attached hydrogens (primary N) is 1. The minimum Gasteiger partial charge on any atom is -0.497 e. The van der Waals surface area contributed by atoms with E-state index in [0.717, 1.165) is 11.3 Å². The highest BCUT2D eigenvalue weighted by Gasteiger charge is 2.12. The molecule has 110 valence electrons. The molecule has 0 spiro atoms. The zero-order valence-corrected chi connectivity index (χ0v) is 11.8. The first-order chi connectivity index (χ1) is 10.1. The first-order valence-electron chi connectivity index (χ1n) is 6.23. The van der Waals surface area contributed by atoms with Crippen LogP contribution in [0.1, 0.15) is 15.9 Å². The third kappa shape index (κ3) is 3.62. The monoisotopic (exact) mass is 288 g/mol. The number of nitrogens with zero attached hydrogens (tertiary/aromatic N) is 1. The predicted molar refractivity (Wildman–Crippen MR) is 77.3 cm³/mol. The summed E-state index contributed by atoms with van der Waals surface area (Å²) in [6.07, 6.45) is 1.37. The normalized spacial score (nSPS) is 10.0. The quantitative estimate of drug-likeness (QED) is 0.848. The van der Waals surface area contributed by atoms with E-state index in [2.05, 4.69) is 9.72 Å². The van der Waals surface area contributed by atoms with Crippen LogP contribution in [0.25, 0.3) is 0 Å². The van der Waals surface area contributed by atoms with Crippen molar-refractivity contribution in [3.05, 3.63) is 47.7 Å². The summed E-state index contributed by atoms with van der Waals surface area (Å²) in [6.45, 7) is 0.321. The summed E-state index contributed by atoms with van der Waals surface area (Å²) in [7, 11) is 2.90. The maximum Gasteiger partial charge on any atom is 0.340 e. The van der Waals surface area contributed by atoms with Gasteiger partial charge >= 0.3 is 5.97 Å². The van der Waals surface area contributed by atoms with Crippen molar-refractivity contribution in [2.45, 2.75) is 6.61 Å². The van der Waals surface area contributed by atoms with Crippen molar-refractivity contribution in [2.24, 2.45) is 0 Å². The van der Waals surface area contributed by atoms with Crippen molar-refractivity contribution in [3.8, 4) is 11.6 Å². The number of nitrogen functional groups attached to an aromatic ring is 1. The van der Waals surface area contributed by atoms with E-state index in [9.17, 15) is 4.79 Å². The number of hydrogen-bond donors (Lipinski definition) is 1. The van der Waals surface area contributed by atoms with Gasteiger partial charge in [0.05, 0.1) is 31.7 Å². The van der Waals surface area contributed by atoms with Crippen LogP contribution in [-0.4, -0.2) is 25.2 Å². The van der Waals surface area contributed by atoms with E-state index in [1.165, 1.54) is 19.4 Å². The lowest BCUT2D eigenvalue weighted by Gasteiger charge is -2.08. The Hall–Kier alpha value is -2.76. The molecule has 0 radical (unpaired) electrons. The fraction of sp³-hybridized carbons (Fsp3) is 0.200. The Balaban J connectivity index is 2.07. The third-order valence-electron chi connectivity index (χ3n) is 2.86. The number of ether oxygens (including phenoxy) is 3. The highest BCUT2D eigenvalue weighted by molar-refractivity contribution is 5.95. The van der Waals surface area contributed by atoms with E-state index in [0.29, 0.717) is 12.5 Å². The summed E-state index contributed by atoms with van der Waals surface area (Å²) >= 11 is 0. The van der Waals surface area contributed by atoms with Crippen molar-refractivity contribution in [2.75, 3.05) is 20.0 Å². The molecule has 2 rings (SSSR count). The number of carbonyl (C=O) groups excluding carboxylic acids is 1. The number of pyridine rings is 1. The molecule has 21 heavy (non-hydrogen) atoms. The van der Waals surface area contributed by atoms with Gasteiger partial charge in [-0.3, -0.25) is 0 Å². The number of carbonyl (C=O) groups is 1. The van der Waals surface area contributed by atoms with Gasteiger partial charge in [-0.05, 0) is 17.7 Å². The van der Waals surface area contributed by atoms with Crippen LogP contribution in [0.4, 0.5) is 5.69 Å². The Morgan fingerprint density at radius 3 is 2.57 bits per heavy atom. The lowest BCUT2D eigenvalue weighted by molar-refractivity contribution is 0.0601. The van der Waals surface area contributed by atoms with Crippen LogP contribution in [0, 0.1) is 0 Å². The standard InChI is InChI=1S/C15H16N2O4/c1-19-11-5-3-10(4-6-11)9-21-14-7-12(15(18)20-2)13(16)8-17-14/h3-8H,9,16H2,1-2H3. The van der Waals surface area contributed by atoms with Crippen LogP contribution in [0.15, 0.2) is 36.5 Å². The van der Waals surface area contributed by atoms with E-state index in [1.807, 2.05) is 24.3 Å². The molecule has 0 aliphatic carbocycles. The van der Waals surface area contributed by atoms with Crippen molar-refractivity contribution < 1.29 is 19.0 Å². The molecule has 1 aromatic carbocycles. The summed E-state index contributed by atoms with van der Waals surface area (Å²) < 4.78 is 15.3. The number of hydrogen-bond acceptors (Lipinski definition) is 6. The maximum atomic E-state index is 11.5. The van der Waals surface area contributed by atoms with Gasteiger partial charge in [-0.15, -0.1) is 0 Å². The van der Waals surface area contributed by atoms with Crippen LogP contribution in [0.2, 0.25) is 0 Å². The Morgan fingerprint density at radius 1 is 1.24 bits per heavy atom. The second kappa shape index (κ2) is 6.60. The third-order valence-corrected chi connectivity index (χ3v) is 2.86. The molecule has 6 heteroatoms. The molecule has 1 aromatic heterocycles. The molecule has 0 aliphatic rings. The van der Waals surface area contributed by atoms with Crippen LogP contribution in [-0.2, 0) is 11.3 Å². The van der Waals surface area contributed by atoms with Gasteiger partial charge < -0.3 is 19.9 Å². The Bertz CT molecular complexity index is 626. The molecule has 0 fully saturated rings. The fourth-order valence-corrected chi connectivity index (χ4v) is 1.69. The second-order valence-corrected chi connectivity index (χ2v) is 4.24. The summed E-state index contributed by atoms with van der Waals surface area (Å²) in [5.41, 5.74) is 7.11. The van der Waals surface area contributed by atoms with Crippen LogP contribution >= 0.6 is 0 Å². The first kappa shape index (κ1) is 14.6. The Labute approximate surface area is 122 Å². The highest BCUT2D eigenvalue weighted by Crippen LogP contribution is 2.19. The van der Waals surface area contributed by atoms with E-state index in [-0.39, 0.29) is 11.3 Å². The van der Waals surface area contributed by atoms with Gasteiger partial charge in [-0.2, -0.15) is 0 Å². The number of rotatable bonds is 5. The summed E-state index contributed by atoms with van der Waals surface area (Å²) in [5, 5.41) is 0. The minimum atomic E-state index is -0.524. The number of anilines is 1. The molecular weight excluding hydrogens is 272 g/mol. The van der Waals surface area contributed by atoms with Crippen molar-refractivity contribution >= 4 is 11.7 Å². The molecule has 0 saturated carbocycles. The zero-order chi connectivity index (χ0) is 15.2. The number of esters is 1. The topological polar surface area (TPSA) is 83.7 Å². The molecule has 2 aromatic rings. The number of aromatic nitrogens is 1. The van der Waals surface area contributed by atoms with E-state index in [4.69, 9.17) is 15.2 Å². The molecule has 6 nitrogen and oxygen atoms in total. The van der Waals surface area contributed by atoms with E-state index in [1.54, 1.807) is 7.11 Å². The van der Waals surface area contributed by atoms with Gasteiger partial charge in [-0.25, -0.2) is 9.78 Å². The molecule has 0 amide bonds. The second-order valence-electron chi connectivity index (χ2n) is 4.24.